The minimum Gasteiger partial charge on any atom is -0.323 e. The van der Waals surface area contributed by atoms with E-state index in [9.17, 15) is 18.0 Å². The molecule has 8 nitrogen and oxygen atoms in total. The van der Waals surface area contributed by atoms with Crippen LogP contribution in [0.25, 0.3) is 0 Å². The van der Waals surface area contributed by atoms with Crippen molar-refractivity contribution in [1.29, 1.82) is 0 Å². The predicted molar refractivity (Wildman–Crippen MR) is 123 cm³/mol. The summed E-state index contributed by atoms with van der Waals surface area (Å²) in [6.45, 7) is 5.54. The fourth-order valence-electron chi connectivity index (χ4n) is 6.79. The number of alkyl halides is 3. The number of pyridine rings is 1. The van der Waals surface area contributed by atoms with E-state index in [1.165, 1.54) is 25.1 Å². The zero-order chi connectivity index (χ0) is 24.7. The Kier molecular flexibility index (Phi) is 4.79. The number of hydrogen-bond donors (Lipinski definition) is 1. The summed E-state index contributed by atoms with van der Waals surface area (Å²) in [5.41, 5.74) is 0.300. The maximum atomic E-state index is 13.0. The van der Waals surface area contributed by atoms with Crippen LogP contribution in [0.2, 0.25) is 0 Å². The molecule has 2 saturated carbocycles. The van der Waals surface area contributed by atoms with Crippen LogP contribution in [0.3, 0.4) is 0 Å². The third-order valence-electron chi connectivity index (χ3n) is 8.89. The van der Waals surface area contributed by atoms with Gasteiger partial charge in [0.15, 0.2) is 5.82 Å². The molecule has 192 valence electrons. The van der Waals surface area contributed by atoms with E-state index in [0.717, 1.165) is 81.8 Å². The van der Waals surface area contributed by atoms with Crippen LogP contribution in [0.4, 0.5) is 18.0 Å². The molecule has 5 heterocycles. The van der Waals surface area contributed by atoms with Crippen LogP contribution in [0.15, 0.2) is 18.3 Å². The van der Waals surface area contributed by atoms with E-state index >= 15 is 0 Å². The van der Waals surface area contributed by atoms with Gasteiger partial charge in [-0.2, -0.15) is 18.3 Å². The molecule has 5 aliphatic rings. The van der Waals surface area contributed by atoms with Crippen molar-refractivity contribution >= 4 is 6.03 Å². The van der Waals surface area contributed by atoms with Crippen molar-refractivity contribution < 1.29 is 18.0 Å². The molecule has 36 heavy (non-hydrogen) atoms. The molecular formula is C25H30F3N7O. The van der Waals surface area contributed by atoms with Gasteiger partial charge in [0.25, 0.3) is 0 Å². The van der Waals surface area contributed by atoms with Gasteiger partial charge in [-0.25, -0.2) is 9.78 Å². The molecule has 0 bridgehead atoms. The van der Waals surface area contributed by atoms with Crippen LogP contribution in [-0.2, 0) is 12.7 Å². The van der Waals surface area contributed by atoms with Crippen molar-refractivity contribution in [2.24, 2.45) is 10.8 Å². The van der Waals surface area contributed by atoms with E-state index in [2.05, 4.69) is 20.1 Å². The highest BCUT2D eigenvalue weighted by Crippen LogP contribution is 2.56. The normalized spacial score (nSPS) is 25.2. The minimum atomic E-state index is -4.41. The molecule has 2 amide bonds. The Morgan fingerprint density at radius 3 is 2.39 bits per heavy atom. The van der Waals surface area contributed by atoms with Crippen LogP contribution < -0.4 is 0 Å². The highest BCUT2D eigenvalue weighted by molar-refractivity contribution is 5.77. The van der Waals surface area contributed by atoms with E-state index in [-0.39, 0.29) is 16.9 Å². The van der Waals surface area contributed by atoms with E-state index < -0.39 is 11.9 Å². The minimum absolute atomic E-state index is 0.116. The molecule has 2 aliphatic carbocycles. The first kappa shape index (κ1) is 22.5. The Morgan fingerprint density at radius 2 is 1.75 bits per heavy atom. The maximum absolute atomic E-state index is 13.0. The summed E-state index contributed by atoms with van der Waals surface area (Å²) in [5, 5.41) is 7.52. The van der Waals surface area contributed by atoms with Crippen molar-refractivity contribution in [1.82, 2.24) is 34.9 Å². The molecule has 0 unspecified atom stereocenters. The number of aromatic nitrogens is 4. The zero-order valence-corrected chi connectivity index (χ0v) is 20.1. The molecule has 0 radical (unpaired) electrons. The number of amides is 2. The summed E-state index contributed by atoms with van der Waals surface area (Å²) in [7, 11) is 0. The maximum Gasteiger partial charge on any atom is 0.433 e. The monoisotopic (exact) mass is 501 g/mol. The Hall–Kier alpha value is -2.69. The lowest BCUT2D eigenvalue weighted by Crippen LogP contribution is -2.69. The predicted octanol–water partition coefficient (Wildman–Crippen LogP) is 3.60. The summed E-state index contributed by atoms with van der Waals surface area (Å²) in [5.74, 6) is 3.01. The largest absolute Gasteiger partial charge is 0.433 e. The van der Waals surface area contributed by atoms with E-state index in [0.29, 0.717) is 18.4 Å². The fourth-order valence-corrected chi connectivity index (χ4v) is 6.79. The van der Waals surface area contributed by atoms with Crippen molar-refractivity contribution in [3.63, 3.8) is 0 Å². The number of urea groups is 1. The zero-order valence-electron chi connectivity index (χ0n) is 20.1. The lowest BCUT2D eigenvalue weighted by Gasteiger charge is -2.60. The van der Waals surface area contributed by atoms with Gasteiger partial charge in [-0.15, -0.1) is 0 Å². The molecule has 5 fully saturated rings. The summed E-state index contributed by atoms with van der Waals surface area (Å²) in [6, 6.07) is 2.71. The Labute approximate surface area is 207 Å². The van der Waals surface area contributed by atoms with Crippen LogP contribution in [0.5, 0.6) is 0 Å². The smallest absolute Gasteiger partial charge is 0.323 e. The van der Waals surface area contributed by atoms with Crippen molar-refractivity contribution in [3.8, 4) is 0 Å². The summed E-state index contributed by atoms with van der Waals surface area (Å²) in [4.78, 5) is 27.5. The van der Waals surface area contributed by atoms with Crippen LogP contribution in [-0.4, -0.2) is 80.2 Å². The number of rotatable bonds is 4. The van der Waals surface area contributed by atoms with Crippen molar-refractivity contribution in [2.45, 2.75) is 56.7 Å². The van der Waals surface area contributed by atoms with Gasteiger partial charge in [0.2, 0.25) is 0 Å². The second kappa shape index (κ2) is 7.66. The van der Waals surface area contributed by atoms with Gasteiger partial charge in [-0.3, -0.25) is 15.0 Å². The van der Waals surface area contributed by atoms with Crippen molar-refractivity contribution in [2.75, 3.05) is 39.3 Å². The van der Waals surface area contributed by atoms with Crippen molar-refractivity contribution in [3.05, 3.63) is 41.2 Å². The first-order chi connectivity index (χ1) is 17.2. The quantitative estimate of drug-likeness (QED) is 0.693. The SMILES string of the molecule is O=C(N1CC2(CC(c3nc(C4CC4)n[nH]3)C2)C1)N1CC2(CCN(Cc3ccc(C(F)(F)F)nc3)C2)C1. The lowest BCUT2D eigenvalue weighted by atomic mass is 9.57. The molecule has 7 rings (SSSR count). The molecule has 11 heteroatoms. The van der Waals surface area contributed by atoms with Gasteiger partial charge in [0, 0.05) is 68.1 Å². The number of aromatic amines is 1. The summed E-state index contributed by atoms with van der Waals surface area (Å²) in [6.07, 6.45) is 2.48. The highest BCUT2D eigenvalue weighted by atomic mass is 19.4. The van der Waals surface area contributed by atoms with E-state index in [1.54, 1.807) is 0 Å². The van der Waals surface area contributed by atoms with Gasteiger partial charge >= 0.3 is 12.2 Å². The molecule has 0 aromatic carbocycles. The van der Waals surface area contributed by atoms with E-state index in [1.807, 2.05) is 9.80 Å². The Bertz CT molecular complexity index is 1160. The van der Waals surface area contributed by atoms with Gasteiger partial charge < -0.3 is 9.80 Å². The third kappa shape index (κ3) is 3.86. The van der Waals surface area contributed by atoms with Gasteiger partial charge in [0.05, 0.1) is 0 Å². The summed E-state index contributed by atoms with van der Waals surface area (Å²) < 4.78 is 38.2. The molecule has 1 N–H and O–H groups in total. The summed E-state index contributed by atoms with van der Waals surface area (Å²) >= 11 is 0. The highest BCUT2D eigenvalue weighted by Gasteiger charge is 2.57. The third-order valence-corrected chi connectivity index (χ3v) is 8.89. The molecule has 2 spiro atoms. The van der Waals surface area contributed by atoms with Crippen LogP contribution in [0.1, 0.15) is 66.8 Å². The number of H-pyrrole nitrogens is 1. The number of carbonyl (C=O) groups is 1. The average Bonchev–Trinajstić information content (AvgIpc) is 3.34. The number of likely N-dealkylation sites (tertiary alicyclic amines) is 3. The molecule has 2 aromatic heterocycles. The second-order valence-corrected chi connectivity index (χ2v) is 12.0. The first-order valence-electron chi connectivity index (χ1n) is 12.9. The van der Waals surface area contributed by atoms with Gasteiger partial charge in [0.1, 0.15) is 11.5 Å². The topological polar surface area (TPSA) is 81.2 Å². The van der Waals surface area contributed by atoms with Gasteiger partial charge in [-0.05, 0) is 50.3 Å². The molecule has 3 aliphatic heterocycles. The molecule has 3 saturated heterocycles. The number of nitrogens with one attached hydrogen (secondary N) is 1. The molecular weight excluding hydrogens is 471 g/mol. The first-order valence-corrected chi connectivity index (χ1v) is 12.9. The lowest BCUT2D eigenvalue weighted by molar-refractivity contribution is -0.141. The Balaban J connectivity index is 0.860. The number of hydrogen-bond acceptors (Lipinski definition) is 5. The fraction of sp³-hybridized carbons (Fsp3) is 0.680. The standard InChI is InChI=1S/C25H30F3N7O/c26-25(27,28)19-4-1-16(9-29-19)10-33-6-5-23(11-33)12-34(13-23)22(36)35-14-24(15-35)7-18(8-24)21-30-20(31-32-21)17-2-3-17/h1,4,9,17-18H,2-3,5-8,10-15H2,(H,30,31,32). The number of carbonyl (C=O) groups excluding carboxylic acids is 1. The molecule has 0 atom stereocenters. The van der Waals surface area contributed by atoms with E-state index in [4.69, 9.17) is 4.98 Å². The number of halogens is 3. The van der Waals surface area contributed by atoms with Crippen LogP contribution >= 0.6 is 0 Å². The molecule has 2 aromatic rings. The van der Waals surface area contributed by atoms with Crippen LogP contribution in [0, 0.1) is 10.8 Å². The average molecular weight is 502 g/mol. The van der Waals surface area contributed by atoms with Gasteiger partial charge in [-0.1, -0.05) is 6.07 Å². The Morgan fingerprint density at radius 1 is 1.03 bits per heavy atom. The second-order valence-electron chi connectivity index (χ2n) is 12.0. The number of nitrogens with zero attached hydrogens (tertiary/aromatic N) is 6.